The highest BCUT2D eigenvalue weighted by atomic mass is 16.7. The Hall–Kier alpha value is -5.85. The van der Waals surface area contributed by atoms with E-state index in [9.17, 15) is 55.2 Å². The zero-order valence-corrected chi connectivity index (χ0v) is 47.7. The molecule has 5 aliphatic rings. The van der Waals surface area contributed by atoms with Crippen LogP contribution >= 0.6 is 0 Å². The van der Waals surface area contributed by atoms with Crippen molar-refractivity contribution in [2.24, 2.45) is 11.8 Å². The fraction of sp³-hybridized carbons (Fsp3) is 0.540. The summed E-state index contributed by atoms with van der Waals surface area (Å²) in [7, 11) is 1.36. The number of rotatable bonds is 6. The van der Waals surface area contributed by atoms with Crippen molar-refractivity contribution in [1.29, 1.82) is 0 Å². The van der Waals surface area contributed by atoms with E-state index in [1.165, 1.54) is 7.11 Å². The lowest BCUT2D eigenvalue weighted by molar-refractivity contribution is -0.307. The van der Waals surface area contributed by atoms with Gasteiger partial charge >= 0.3 is 18.2 Å². The molecule has 3 fully saturated rings. The van der Waals surface area contributed by atoms with Crippen LogP contribution in [0.3, 0.4) is 0 Å². The van der Waals surface area contributed by atoms with Crippen LogP contribution in [0.2, 0.25) is 0 Å². The number of methoxy groups -OCH3 is 1. The van der Waals surface area contributed by atoms with E-state index < -0.39 is 134 Å². The molecule has 7 rings (SSSR count). The SMILES string of the molecule is COC12CC(O)CC(O)C(O)CCC(O)CC(O)CC(=O)OC(C)C(C)C(O)C(C)C=CC=CC=CC=CC=CC=CC=CC(OC3OC(C)C(O)C(NC(=O)OCC4c5ccccc5-c5ccccc54)C3O)CC(O1)C1NC(=O)OC1C2. The molecular weight excluding hydrogens is 1070 g/mol. The molecule has 0 aromatic heterocycles. The van der Waals surface area contributed by atoms with E-state index in [1.807, 2.05) is 110 Å². The number of carbonyl (C=O) groups is 3. The molecule has 19 atom stereocenters. The van der Waals surface area contributed by atoms with E-state index in [0.29, 0.717) is 0 Å². The highest BCUT2D eigenvalue weighted by Crippen LogP contribution is 2.45. The van der Waals surface area contributed by atoms with Gasteiger partial charge in [0.15, 0.2) is 12.1 Å². The van der Waals surface area contributed by atoms with Crippen molar-refractivity contribution in [3.8, 4) is 11.1 Å². The van der Waals surface area contributed by atoms with Crippen molar-refractivity contribution >= 4 is 18.2 Å². The zero-order valence-electron chi connectivity index (χ0n) is 47.7. The highest BCUT2D eigenvalue weighted by molar-refractivity contribution is 5.79. The third-order valence-corrected chi connectivity index (χ3v) is 16.2. The van der Waals surface area contributed by atoms with Crippen LogP contribution in [0.4, 0.5) is 9.59 Å². The molecule has 2 amide bonds. The standard InChI is InChI=1S/C63H84N2O18/c1-37-22-16-14-12-10-8-6-7-9-11-13-15-17-23-44(81-60-59(74)56(58(73)40(4)80-60)65-61(75)78-36-49-47-26-20-18-24-45(47)46-25-19-21-27-48(46)49)33-52-55-53(82-62(76)64-55)35-63(77-5,83-52)34-43(68)31-51(70)50(69)29-28-41(66)30-42(67)32-54(71)79-39(3)38(2)57(37)72/h6-27,37-44,49-53,55-60,66-70,72-74H,28-36H2,1-5H3,(H,64,76)(H,65,75). The number of ether oxygens (including phenoxy) is 7. The average molecular weight is 1160 g/mol. The van der Waals surface area contributed by atoms with Crippen molar-refractivity contribution in [1.82, 2.24) is 10.6 Å². The smallest absolute Gasteiger partial charge is 0.407 e. The first-order valence-electron chi connectivity index (χ1n) is 28.7. The Morgan fingerprint density at radius 1 is 0.651 bits per heavy atom. The molecule has 1 aliphatic carbocycles. The van der Waals surface area contributed by atoms with Gasteiger partial charge in [-0.2, -0.15) is 0 Å². The molecule has 19 unspecified atom stereocenters. The van der Waals surface area contributed by atoms with Crippen LogP contribution in [-0.4, -0.2) is 176 Å². The van der Waals surface area contributed by atoms with Crippen LogP contribution in [0.1, 0.15) is 96.1 Å². The Bertz CT molecular complexity index is 2610. The van der Waals surface area contributed by atoms with Crippen molar-refractivity contribution in [2.45, 2.75) is 188 Å². The van der Waals surface area contributed by atoms with Gasteiger partial charge in [-0.25, -0.2) is 9.59 Å². The fourth-order valence-corrected chi connectivity index (χ4v) is 11.3. The molecule has 2 aromatic carbocycles. The molecular formula is C63H84N2O18. The van der Waals surface area contributed by atoms with E-state index in [2.05, 4.69) is 10.6 Å². The van der Waals surface area contributed by atoms with Gasteiger partial charge in [0.2, 0.25) is 0 Å². The van der Waals surface area contributed by atoms with Crippen molar-refractivity contribution < 1.29 is 88.4 Å². The summed E-state index contributed by atoms with van der Waals surface area (Å²) in [6, 6.07) is 13.7. The second-order valence-corrected chi connectivity index (χ2v) is 22.3. The summed E-state index contributed by atoms with van der Waals surface area (Å²) < 4.78 is 42.2. The minimum absolute atomic E-state index is 0.0121. The Morgan fingerprint density at radius 3 is 1.88 bits per heavy atom. The molecule has 0 spiro atoms. The lowest BCUT2D eigenvalue weighted by atomic mass is 9.87. The number of aliphatic hydroxyl groups excluding tert-OH is 8. The van der Waals surface area contributed by atoms with Crippen LogP contribution in [0, 0.1) is 11.8 Å². The molecule has 2 bridgehead atoms. The molecule has 4 heterocycles. The molecule has 20 heteroatoms. The van der Waals surface area contributed by atoms with Crippen LogP contribution in [0.5, 0.6) is 0 Å². The molecule has 3 saturated heterocycles. The van der Waals surface area contributed by atoms with Gasteiger partial charge in [-0.15, -0.1) is 0 Å². The molecule has 10 N–H and O–H groups in total. The van der Waals surface area contributed by atoms with Gasteiger partial charge in [0.25, 0.3) is 0 Å². The lowest BCUT2D eigenvalue weighted by Crippen LogP contribution is -2.64. The number of nitrogens with one attached hydrogen (secondary N) is 2. The molecule has 0 saturated carbocycles. The molecule has 454 valence electrons. The summed E-state index contributed by atoms with van der Waals surface area (Å²) in [5.41, 5.74) is 4.11. The Kier molecular flexibility index (Phi) is 24.0. The lowest BCUT2D eigenvalue weighted by Gasteiger charge is -2.46. The average Bonchev–Trinajstić information content (AvgIpc) is 4.23. The molecule has 83 heavy (non-hydrogen) atoms. The molecule has 2 aromatic rings. The van der Waals surface area contributed by atoms with Gasteiger partial charge in [-0.1, -0.05) is 147 Å². The second-order valence-electron chi connectivity index (χ2n) is 22.3. The summed E-state index contributed by atoms with van der Waals surface area (Å²) in [6.07, 6.45) is 5.57. The van der Waals surface area contributed by atoms with E-state index in [1.54, 1.807) is 51.2 Å². The van der Waals surface area contributed by atoms with Gasteiger partial charge in [0, 0.05) is 50.5 Å². The number of hydrogen-bond donors (Lipinski definition) is 10. The first-order chi connectivity index (χ1) is 39.8. The Balaban J connectivity index is 1.08. The maximum Gasteiger partial charge on any atom is 0.407 e. The summed E-state index contributed by atoms with van der Waals surface area (Å²) >= 11 is 0. The largest absolute Gasteiger partial charge is 0.462 e. The van der Waals surface area contributed by atoms with Crippen LogP contribution in [0.15, 0.2) is 134 Å². The topological polar surface area (TPSA) is 302 Å². The van der Waals surface area contributed by atoms with E-state index in [-0.39, 0.29) is 63.4 Å². The van der Waals surface area contributed by atoms with Crippen LogP contribution in [0.25, 0.3) is 11.1 Å². The summed E-state index contributed by atoms with van der Waals surface area (Å²) in [6.45, 7) is 6.82. The normalized spacial score (nSPS) is 36.4. The number of hydrogen-bond acceptors (Lipinski definition) is 18. The predicted molar refractivity (Wildman–Crippen MR) is 306 cm³/mol. The summed E-state index contributed by atoms with van der Waals surface area (Å²) in [5.74, 6) is -3.31. The monoisotopic (exact) mass is 1160 g/mol. The third-order valence-electron chi connectivity index (χ3n) is 16.2. The number of alkyl carbamates (subject to hydrolysis) is 2. The quantitative estimate of drug-likeness (QED) is 0.129. The zero-order chi connectivity index (χ0) is 59.8. The van der Waals surface area contributed by atoms with Crippen LogP contribution in [-0.2, 0) is 38.0 Å². The van der Waals surface area contributed by atoms with Crippen molar-refractivity contribution in [3.63, 3.8) is 0 Å². The number of cyclic esters (lactones) is 1. The summed E-state index contributed by atoms with van der Waals surface area (Å²) in [5, 5.41) is 94.5. The number of benzene rings is 2. The van der Waals surface area contributed by atoms with Gasteiger partial charge in [0.05, 0.1) is 73.4 Å². The predicted octanol–water partition coefficient (Wildman–Crippen LogP) is 5.36. The molecule has 20 nitrogen and oxygen atoms in total. The first kappa shape index (κ1) is 64.7. The Labute approximate surface area is 485 Å². The number of amides is 2. The summed E-state index contributed by atoms with van der Waals surface area (Å²) in [4.78, 5) is 39.2. The second kappa shape index (κ2) is 30.8. The van der Waals surface area contributed by atoms with Gasteiger partial charge in [0.1, 0.15) is 31.0 Å². The third kappa shape index (κ3) is 17.9. The number of fused-ring (bicyclic) bond motifs is 7. The van der Waals surface area contributed by atoms with Gasteiger partial charge < -0.3 is 84.6 Å². The van der Waals surface area contributed by atoms with Crippen molar-refractivity contribution in [2.75, 3.05) is 13.7 Å². The van der Waals surface area contributed by atoms with E-state index in [4.69, 9.17) is 33.2 Å². The Morgan fingerprint density at radius 2 is 1.25 bits per heavy atom. The first-order valence-corrected chi connectivity index (χ1v) is 28.7. The van der Waals surface area contributed by atoms with Crippen LogP contribution < -0.4 is 10.6 Å². The van der Waals surface area contributed by atoms with Gasteiger partial charge in [-0.3, -0.25) is 4.79 Å². The van der Waals surface area contributed by atoms with Gasteiger partial charge in [-0.05, 0) is 55.4 Å². The molecule has 0 radical (unpaired) electrons. The molecule has 4 aliphatic heterocycles. The van der Waals surface area contributed by atoms with E-state index >= 15 is 0 Å². The maximum absolute atomic E-state index is 13.6. The van der Waals surface area contributed by atoms with E-state index in [0.717, 1.165) is 22.3 Å². The minimum Gasteiger partial charge on any atom is -0.462 e. The maximum atomic E-state index is 13.6. The number of esters is 1. The minimum atomic E-state index is -1.64. The highest BCUT2D eigenvalue weighted by Gasteiger charge is 2.54. The fourth-order valence-electron chi connectivity index (χ4n) is 11.3. The number of carbonyl (C=O) groups excluding carboxylic acids is 3. The van der Waals surface area contributed by atoms with Crippen molar-refractivity contribution in [3.05, 3.63) is 145 Å². The number of allylic oxidation sites excluding steroid dienone is 12. The number of aliphatic hydroxyl groups is 8.